The molecule has 11 heteroatoms. The molecular weight excluding hydrogens is 543 g/mol. The monoisotopic (exact) mass is 570 g/mol. The van der Waals surface area contributed by atoms with E-state index >= 15 is 0 Å². The summed E-state index contributed by atoms with van der Waals surface area (Å²) in [5.41, 5.74) is 2.43. The Labute approximate surface area is 235 Å². The van der Waals surface area contributed by atoms with Gasteiger partial charge < -0.3 is 23.9 Å². The zero-order chi connectivity index (χ0) is 27.7. The van der Waals surface area contributed by atoms with Gasteiger partial charge in [-0.3, -0.25) is 4.79 Å². The first-order valence-corrected chi connectivity index (χ1v) is 13.3. The van der Waals surface area contributed by atoms with Crippen LogP contribution >= 0.6 is 23.2 Å². The van der Waals surface area contributed by atoms with Crippen LogP contribution in [0, 0.1) is 5.92 Å². The fraction of sp³-hybridized carbons (Fsp3) is 0.357. The summed E-state index contributed by atoms with van der Waals surface area (Å²) in [5.74, 6) is 0.818. The average molecular weight is 571 g/mol. The van der Waals surface area contributed by atoms with E-state index in [4.69, 9.17) is 47.5 Å². The summed E-state index contributed by atoms with van der Waals surface area (Å²) in [6.07, 6.45) is 3.76. The van der Waals surface area contributed by atoms with Crippen LogP contribution in [0.25, 0.3) is 22.6 Å². The minimum atomic E-state index is -0.856. The Hall–Kier alpha value is -3.56. The number of benzene rings is 2. The van der Waals surface area contributed by atoms with E-state index in [2.05, 4.69) is 9.97 Å². The third-order valence-corrected chi connectivity index (χ3v) is 7.26. The maximum absolute atomic E-state index is 11.1. The first-order valence-electron chi connectivity index (χ1n) is 12.5. The average Bonchev–Trinajstić information content (AvgIpc) is 3.51. The van der Waals surface area contributed by atoms with Gasteiger partial charge in [-0.1, -0.05) is 30.1 Å². The number of rotatable bonds is 11. The van der Waals surface area contributed by atoms with E-state index in [9.17, 15) is 4.79 Å². The Morgan fingerprint density at radius 3 is 2.64 bits per heavy atom. The minimum absolute atomic E-state index is 0.250. The molecule has 204 valence electrons. The highest BCUT2D eigenvalue weighted by Crippen LogP contribution is 2.41. The molecule has 0 amide bonds. The number of imidazole rings is 1. The van der Waals surface area contributed by atoms with Crippen LogP contribution in [0.4, 0.5) is 0 Å². The Balaban J connectivity index is 1.54. The maximum Gasteiger partial charge on any atom is 0.306 e. The molecule has 5 rings (SSSR count). The molecule has 0 bridgehead atoms. The lowest BCUT2D eigenvalue weighted by Gasteiger charge is -2.13. The van der Waals surface area contributed by atoms with Gasteiger partial charge in [0.15, 0.2) is 11.2 Å². The topological polar surface area (TPSA) is 109 Å². The molecule has 2 aromatic heterocycles. The lowest BCUT2D eigenvalue weighted by Crippen LogP contribution is -2.13. The third kappa shape index (κ3) is 6.04. The van der Waals surface area contributed by atoms with Crippen LogP contribution in [0.15, 0.2) is 42.7 Å². The Morgan fingerprint density at radius 1 is 1.15 bits per heavy atom. The molecule has 1 N–H and O–H groups in total. The third-order valence-electron chi connectivity index (χ3n) is 6.73. The number of carboxylic acids is 1. The zero-order valence-electron chi connectivity index (χ0n) is 21.8. The van der Waals surface area contributed by atoms with Crippen molar-refractivity contribution in [3.8, 4) is 28.8 Å². The molecule has 1 unspecified atom stereocenters. The Kier molecular flexibility index (Phi) is 7.55. The second-order valence-corrected chi connectivity index (χ2v) is 10.8. The molecule has 1 aliphatic carbocycles. The number of carboxylic acid groups (broad SMARTS) is 1. The van der Waals surface area contributed by atoms with Gasteiger partial charge >= 0.3 is 5.97 Å². The quantitative estimate of drug-likeness (QED) is 0.224. The molecule has 2 aromatic carbocycles. The number of halogens is 2. The molecule has 1 atom stereocenters. The number of hydrogen-bond acceptors (Lipinski definition) is 7. The molecule has 4 aromatic rings. The molecule has 2 heterocycles. The second kappa shape index (κ2) is 10.9. The summed E-state index contributed by atoms with van der Waals surface area (Å²) in [5, 5.41) is 10.1. The summed E-state index contributed by atoms with van der Waals surface area (Å²) in [6.45, 7) is 4.33. The number of hydrogen-bond donors (Lipinski definition) is 1. The largest absolute Gasteiger partial charge is 0.497 e. The molecule has 39 heavy (non-hydrogen) atoms. The molecule has 0 saturated heterocycles. The standard InChI is InChI=1S/C28H28Cl2N4O5/c1-16(27(35)36)6-9-38-19-4-5-21(22(30)13-19)24-33-23-25(31-15-32-26(23)39-28(2)7-8-28)34(24)14-17-10-18(29)12-20(11-17)37-3/h4-5,10-13,15-16H,6-9,14H2,1-3H3,(H,35,36). The van der Waals surface area contributed by atoms with Gasteiger partial charge in [0.05, 0.1) is 31.2 Å². The maximum atomic E-state index is 11.1. The summed E-state index contributed by atoms with van der Waals surface area (Å²) in [4.78, 5) is 24.9. The van der Waals surface area contributed by atoms with Crippen molar-refractivity contribution in [3.05, 3.63) is 58.3 Å². The Bertz CT molecular complexity index is 1540. The zero-order valence-corrected chi connectivity index (χ0v) is 23.3. The van der Waals surface area contributed by atoms with Crippen molar-refractivity contribution in [2.75, 3.05) is 13.7 Å². The van der Waals surface area contributed by atoms with Crippen molar-refractivity contribution in [1.29, 1.82) is 0 Å². The summed E-state index contributed by atoms with van der Waals surface area (Å²) < 4.78 is 19.3. The minimum Gasteiger partial charge on any atom is -0.497 e. The number of methoxy groups -OCH3 is 1. The van der Waals surface area contributed by atoms with E-state index in [1.54, 1.807) is 32.2 Å². The lowest BCUT2D eigenvalue weighted by molar-refractivity contribution is -0.141. The van der Waals surface area contributed by atoms with Gasteiger partial charge in [0, 0.05) is 10.6 Å². The SMILES string of the molecule is COc1cc(Cl)cc(Cn2c(-c3ccc(OCCC(C)C(=O)O)cc3Cl)nc3c(OC4(C)CC4)ncnc32)c1. The molecule has 1 saturated carbocycles. The van der Waals surface area contributed by atoms with Crippen molar-refractivity contribution in [2.45, 2.75) is 45.3 Å². The van der Waals surface area contributed by atoms with Gasteiger partial charge in [0.1, 0.15) is 29.3 Å². The van der Waals surface area contributed by atoms with Crippen molar-refractivity contribution in [3.63, 3.8) is 0 Å². The smallest absolute Gasteiger partial charge is 0.306 e. The predicted molar refractivity (Wildman–Crippen MR) is 148 cm³/mol. The van der Waals surface area contributed by atoms with Crippen LogP contribution in [0.5, 0.6) is 17.4 Å². The van der Waals surface area contributed by atoms with Gasteiger partial charge in [0.25, 0.3) is 0 Å². The first kappa shape index (κ1) is 27.0. The van der Waals surface area contributed by atoms with E-state index in [1.165, 1.54) is 6.33 Å². The number of aliphatic carboxylic acids is 1. The molecule has 9 nitrogen and oxygen atoms in total. The fourth-order valence-electron chi connectivity index (χ4n) is 4.11. The van der Waals surface area contributed by atoms with Crippen molar-refractivity contribution in [1.82, 2.24) is 19.5 Å². The van der Waals surface area contributed by atoms with Crippen molar-refractivity contribution >= 4 is 40.3 Å². The molecule has 1 aliphatic rings. The fourth-order valence-corrected chi connectivity index (χ4v) is 4.62. The first-order chi connectivity index (χ1) is 18.7. The summed E-state index contributed by atoms with van der Waals surface area (Å²) in [6, 6.07) is 10.8. The molecule has 0 spiro atoms. The van der Waals surface area contributed by atoms with E-state index in [0.717, 1.165) is 18.4 Å². The molecular formula is C28H28Cl2N4O5. The van der Waals surface area contributed by atoms with Crippen LogP contribution < -0.4 is 14.2 Å². The highest BCUT2D eigenvalue weighted by Gasteiger charge is 2.41. The molecule has 0 radical (unpaired) electrons. The van der Waals surface area contributed by atoms with Crippen molar-refractivity contribution < 1.29 is 24.1 Å². The number of nitrogens with zero attached hydrogens (tertiary/aromatic N) is 4. The molecule has 1 fully saturated rings. The number of carbonyl (C=O) groups is 1. The van der Waals surface area contributed by atoms with Crippen LogP contribution in [0.2, 0.25) is 10.0 Å². The van der Waals surface area contributed by atoms with Crippen LogP contribution in [0.3, 0.4) is 0 Å². The van der Waals surface area contributed by atoms with Gasteiger partial charge in [-0.15, -0.1) is 0 Å². The van der Waals surface area contributed by atoms with Gasteiger partial charge in [0.2, 0.25) is 5.88 Å². The summed E-state index contributed by atoms with van der Waals surface area (Å²) >= 11 is 13.1. The number of fused-ring (bicyclic) bond motifs is 1. The lowest BCUT2D eigenvalue weighted by atomic mass is 10.1. The summed E-state index contributed by atoms with van der Waals surface area (Å²) in [7, 11) is 1.59. The van der Waals surface area contributed by atoms with Crippen LogP contribution in [0.1, 0.15) is 38.7 Å². The van der Waals surface area contributed by atoms with Crippen LogP contribution in [-0.4, -0.2) is 49.9 Å². The highest BCUT2D eigenvalue weighted by atomic mass is 35.5. The second-order valence-electron chi connectivity index (χ2n) is 9.94. The van der Waals surface area contributed by atoms with E-state index in [-0.39, 0.29) is 12.2 Å². The van der Waals surface area contributed by atoms with Gasteiger partial charge in [-0.05, 0) is 68.1 Å². The number of aromatic nitrogens is 4. The Morgan fingerprint density at radius 2 is 1.95 bits per heavy atom. The van der Waals surface area contributed by atoms with E-state index < -0.39 is 11.9 Å². The van der Waals surface area contributed by atoms with E-state index in [0.29, 0.717) is 62.9 Å². The normalized spacial score (nSPS) is 14.7. The van der Waals surface area contributed by atoms with Gasteiger partial charge in [-0.2, -0.15) is 4.98 Å². The van der Waals surface area contributed by atoms with Crippen LogP contribution in [-0.2, 0) is 11.3 Å². The van der Waals surface area contributed by atoms with Gasteiger partial charge in [-0.25, -0.2) is 9.97 Å². The van der Waals surface area contributed by atoms with E-state index in [1.807, 2.05) is 29.7 Å². The van der Waals surface area contributed by atoms with Crippen molar-refractivity contribution in [2.24, 2.45) is 5.92 Å². The predicted octanol–water partition coefficient (Wildman–Crippen LogP) is 6.28. The molecule has 0 aliphatic heterocycles. The number of ether oxygens (including phenoxy) is 3. The highest BCUT2D eigenvalue weighted by molar-refractivity contribution is 6.33.